The Labute approximate surface area is 246 Å². The molecule has 41 heavy (non-hydrogen) atoms. The van der Waals surface area contributed by atoms with Crippen LogP contribution in [0.1, 0.15) is 77.1 Å². The fourth-order valence-corrected chi connectivity index (χ4v) is 5.30. The number of nitrogens with zero attached hydrogens (tertiary/aromatic N) is 2. The third-order valence-electron chi connectivity index (χ3n) is 7.09. The van der Waals surface area contributed by atoms with Crippen molar-refractivity contribution in [1.29, 1.82) is 0 Å². The summed E-state index contributed by atoms with van der Waals surface area (Å²) in [5.74, 6) is -0.563. The molecular formula is C30H44FN5O4S. The van der Waals surface area contributed by atoms with E-state index in [0.717, 1.165) is 40.8 Å². The summed E-state index contributed by atoms with van der Waals surface area (Å²) >= 11 is 1.56. The summed E-state index contributed by atoms with van der Waals surface area (Å²) in [6.45, 7) is 9.65. The van der Waals surface area contributed by atoms with E-state index in [1.165, 1.54) is 7.05 Å². The largest absolute Gasteiger partial charge is 0.347 e. The molecule has 4 rings (SSSR count). The lowest BCUT2D eigenvalue weighted by molar-refractivity contribution is -0.143. The minimum atomic E-state index is -0.750. The highest BCUT2D eigenvalue weighted by molar-refractivity contribution is 7.13. The SMILES string of the molecule is CC1(F)CC1.CN.Cc1ncsc1-c1ccc([C@H](CC=O)NC(=O)[C@@H]2CCCN2C(=O)[C@@H](NC=O)C(C)(C)C)cc1. The Morgan fingerprint density at radius 3 is 2.29 bits per heavy atom. The molecule has 1 saturated heterocycles. The molecule has 2 heterocycles. The summed E-state index contributed by atoms with van der Waals surface area (Å²) in [4.78, 5) is 55.8. The number of carbonyl (C=O) groups is 4. The number of likely N-dealkylation sites (tertiary alicyclic amines) is 1. The average Bonchev–Trinajstić information content (AvgIpc) is 3.28. The number of aromatic nitrogens is 1. The molecular weight excluding hydrogens is 545 g/mol. The molecule has 9 nitrogen and oxygen atoms in total. The van der Waals surface area contributed by atoms with Gasteiger partial charge in [0.2, 0.25) is 18.2 Å². The monoisotopic (exact) mass is 589 g/mol. The number of alkyl halides is 1. The molecule has 2 aliphatic rings. The molecule has 0 bridgehead atoms. The Kier molecular flexibility index (Phi) is 12.6. The van der Waals surface area contributed by atoms with Crippen LogP contribution in [0.2, 0.25) is 0 Å². The zero-order valence-corrected chi connectivity index (χ0v) is 25.7. The summed E-state index contributed by atoms with van der Waals surface area (Å²) in [6.07, 6.45) is 4.24. The van der Waals surface area contributed by atoms with Gasteiger partial charge in [0.1, 0.15) is 24.0 Å². The van der Waals surface area contributed by atoms with Crippen LogP contribution in [-0.4, -0.2) is 65.7 Å². The van der Waals surface area contributed by atoms with Gasteiger partial charge in [-0.2, -0.15) is 0 Å². The number of nitrogens with two attached hydrogens (primary N) is 1. The van der Waals surface area contributed by atoms with Gasteiger partial charge < -0.3 is 26.1 Å². The molecule has 2 fully saturated rings. The van der Waals surface area contributed by atoms with Gasteiger partial charge in [0, 0.05) is 13.0 Å². The molecule has 226 valence electrons. The molecule has 1 aromatic heterocycles. The standard InChI is InChI=1S/C25H32N4O4S.C4H7F.CH5N/c1-16-21(34-15-27-16)18-9-7-17(8-10-18)19(11-13-30)28-23(32)20-6-5-12-29(20)24(33)22(26-14-31)25(2,3)4;1-4(5)2-3-4;1-2/h7-10,13-15,19-20,22H,5-6,11-12H2,1-4H3,(H,26,31)(H,28,32);2-3H2,1H3;2H2,1H3/t19-,20-,22+;;/m0../s1. The lowest BCUT2D eigenvalue weighted by atomic mass is 9.85. The van der Waals surface area contributed by atoms with Gasteiger partial charge in [-0.05, 0) is 63.1 Å². The highest BCUT2D eigenvalue weighted by atomic mass is 32.1. The maximum absolute atomic E-state index is 13.2. The summed E-state index contributed by atoms with van der Waals surface area (Å²) < 4.78 is 11.8. The van der Waals surface area contributed by atoms with Crippen molar-refractivity contribution in [1.82, 2.24) is 20.5 Å². The van der Waals surface area contributed by atoms with Gasteiger partial charge >= 0.3 is 0 Å². The number of thiazole rings is 1. The van der Waals surface area contributed by atoms with Gasteiger partial charge in [0.05, 0.1) is 22.1 Å². The van der Waals surface area contributed by atoms with E-state index >= 15 is 0 Å². The lowest BCUT2D eigenvalue weighted by Crippen LogP contribution is -2.56. The van der Waals surface area contributed by atoms with E-state index in [-0.39, 0.29) is 18.2 Å². The Bertz CT molecular complexity index is 1160. The van der Waals surface area contributed by atoms with Gasteiger partial charge in [-0.25, -0.2) is 9.37 Å². The average molecular weight is 590 g/mol. The molecule has 3 atom stereocenters. The maximum Gasteiger partial charge on any atom is 0.246 e. The molecule has 0 unspecified atom stereocenters. The second-order valence-corrected chi connectivity index (χ2v) is 12.4. The van der Waals surface area contributed by atoms with Crippen LogP contribution in [-0.2, 0) is 19.2 Å². The molecule has 0 spiro atoms. The van der Waals surface area contributed by atoms with Gasteiger partial charge in [-0.15, -0.1) is 11.3 Å². The fourth-order valence-electron chi connectivity index (χ4n) is 4.49. The number of hydrogen-bond acceptors (Lipinski definition) is 7. The number of rotatable bonds is 9. The summed E-state index contributed by atoms with van der Waals surface area (Å²) in [6, 6.07) is 5.87. The minimum Gasteiger partial charge on any atom is -0.347 e. The van der Waals surface area contributed by atoms with Crippen LogP contribution in [0.3, 0.4) is 0 Å². The summed E-state index contributed by atoms with van der Waals surface area (Å²) in [5, 5.41) is 5.59. The second-order valence-electron chi connectivity index (χ2n) is 11.5. The third kappa shape index (κ3) is 9.71. The van der Waals surface area contributed by atoms with Gasteiger partial charge in [0.25, 0.3) is 0 Å². The molecule has 1 aliphatic carbocycles. The Balaban J connectivity index is 0.000000743. The summed E-state index contributed by atoms with van der Waals surface area (Å²) in [7, 11) is 1.50. The molecule has 3 amide bonds. The number of hydrogen-bond donors (Lipinski definition) is 3. The maximum atomic E-state index is 13.2. The van der Waals surface area contributed by atoms with Crippen molar-refractivity contribution < 1.29 is 23.6 Å². The summed E-state index contributed by atoms with van der Waals surface area (Å²) in [5.41, 5.74) is 7.86. The van der Waals surface area contributed by atoms with Gasteiger partial charge in [0.15, 0.2) is 0 Å². The number of nitrogens with one attached hydrogen (secondary N) is 2. The number of amides is 3. The van der Waals surface area contributed by atoms with Crippen molar-refractivity contribution in [2.24, 2.45) is 11.1 Å². The predicted octanol–water partition coefficient (Wildman–Crippen LogP) is 4.10. The van der Waals surface area contributed by atoms with E-state index in [2.05, 4.69) is 21.4 Å². The number of benzene rings is 1. The Morgan fingerprint density at radius 1 is 1.22 bits per heavy atom. The van der Waals surface area contributed by atoms with Crippen molar-refractivity contribution in [3.8, 4) is 10.4 Å². The van der Waals surface area contributed by atoms with E-state index in [1.807, 2.05) is 52.0 Å². The second kappa shape index (κ2) is 15.2. The van der Waals surface area contributed by atoms with E-state index < -0.39 is 29.2 Å². The van der Waals surface area contributed by atoms with E-state index in [0.29, 0.717) is 25.8 Å². The Hall–Kier alpha value is -3.18. The third-order valence-corrected chi connectivity index (χ3v) is 8.07. The number of aldehydes is 1. The first-order chi connectivity index (χ1) is 19.4. The molecule has 1 aromatic carbocycles. The van der Waals surface area contributed by atoms with Crippen LogP contribution in [0.25, 0.3) is 10.4 Å². The normalized spacial score (nSPS) is 18.4. The first-order valence-electron chi connectivity index (χ1n) is 13.9. The molecule has 0 radical (unpaired) electrons. The zero-order valence-electron chi connectivity index (χ0n) is 24.9. The van der Waals surface area contributed by atoms with Crippen LogP contribution in [0.5, 0.6) is 0 Å². The highest BCUT2D eigenvalue weighted by Gasteiger charge is 2.41. The molecule has 11 heteroatoms. The Morgan fingerprint density at radius 2 is 1.83 bits per heavy atom. The van der Waals surface area contributed by atoms with Crippen LogP contribution in [0.4, 0.5) is 4.39 Å². The minimum absolute atomic E-state index is 0.128. The van der Waals surface area contributed by atoms with E-state index in [4.69, 9.17) is 0 Å². The fraction of sp³-hybridized carbons (Fsp3) is 0.567. The van der Waals surface area contributed by atoms with Crippen molar-refractivity contribution >= 4 is 35.8 Å². The lowest BCUT2D eigenvalue weighted by Gasteiger charge is -2.34. The molecule has 4 N–H and O–H groups in total. The van der Waals surface area contributed by atoms with Crippen molar-refractivity contribution in [3.05, 3.63) is 41.0 Å². The molecule has 1 saturated carbocycles. The quantitative estimate of drug-likeness (QED) is 0.377. The van der Waals surface area contributed by atoms with E-state index in [9.17, 15) is 23.6 Å². The van der Waals surface area contributed by atoms with Crippen molar-refractivity contribution in [2.75, 3.05) is 13.6 Å². The van der Waals surface area contributed by atoms with Crippen LogP contribution < -0.4 is 16.4 Å². The first-order valence-corrected chi connectivity index (χ1v) is 14.8. The van der Waals surface area contributed by atoms with Crippen molar-refractivity contribution in [3.63, 3.8) is 0 Å². The predicted molar refractivity (Wildman–Crippen MR) is 160 cm³/mol. The van der Waals surface area contributed by atoms with Gasteiger partial charge in [-0.1, -0.05) is 45.0 Å². The highest BCUT2D eigenvalue weighted by Crippen LogP contribution is 2.38. The zero-order chi connectivity index (χ0) is 30.8. The number of halogens is 1. The van der Waals surface area contributed by atoms with Crippen LogP contribution in [0.15, 0.2) is 29.8 Å². The van der Waals surface area contributed by atoms with Crippen molar-refractivity contribution in [2.45, 2.75) is 90.5 Å². The first kappa shape index (κ1) is 34.0. The topological polar surface area (TPSA) is 134 Å². The smallest absolute Gasteiger partial charge is 0.246 e. The number of aryl methyl sites for hydroxylation is 1. The molecule has 2 aromatic rings. The number of carbonyl (C=O) groups excluding carboxylic acids is 4. The van der Waals surface area contributed by atoms with E-state index in [1.54, 1.807) is 28.7 Å². The van der Waals surface area contributed by atoms with Crippen LogP contribution in [0, 0.1) is 12.3 Å². The van der Waals surface area contributed by atoms with Crippen LogP contribution >= 0.6 is 11.3 Å². The molecule has 1 aliphatic heterocycles. The van der Waals surface area contributed by atoms with Gasteiger partial charge in [-0.3, -0.25) is 14.4 Å².